The summed E-state index contributed by atoms with van der Waals surface area (Å²) >= 11 is 5.24. The van der Waals surface area contributed by atoms with E-state index < -0.39 is 0 Å². The van der Waals surface area contributed by atoms with Crippen LogP contribution in [-0.2, 0) is 0 Å². The molecule has 8 heteroatoms. The van der Waals surface area contributed by atoms with Crippen LogP contribution < -0.4 is 9.47 Å². The van der Waals surface area contributed by atoms with Crippen molar-refractivity contribution >= 4 is 18.4 Å². The molecule has 0 aliphatic heterocycles. The van der Waals surface area contributed by atoms with E-state index in [9.17, 15) is 0 Å². The lowest BCUT2D eigenvalue weighted by Crippen LogP contribution is -2.07. The molecule has 26 heavy (non-hydrogen) atoms. The highest BCUT2D eigenvalue weighted by Crippen LogP contribution is 2.29. The molecule has 0 bridgehead atoms. The third kappa shape index (κ3) is 4.02. The highest BCUT2D eigenvalue weighted by molar-refractivity contribution is 7.71. The van der Waals surface area contributed by atoms with Gasteiger partial charge in [0.25, 0.3) is 0 Å². The zero-order valence-corrected chi connectivity index (χ0v) is 15.6. The minimum atomic E-state index is 0.0637. The molecule has 3 rings (SSSR count). The minimum Gasteiger partial charge on any atom is -0.490 e. The van der Waals surface area contributed by atoms with Crippen LogP contribution in [-0.4, -0.2) is 33.8 Å². The molecular weight excluding hydrogens is 352 g/mol. The average molecular weight is 372 g/mol. The number of nitrogens with one attached hydrogen (secondary N) is 1. The molecule has 1 N–H and O–H groups in total. The van der Waals surface area contributed by atoms with E-state index in [1.54, 1.807) is 24.6 Å². The quantitative estimate of drug-likeness (QED) is 0.495. The van der Waals surface area contributed by atoms with Crippen molar-refractivity contribution in [3.63, 3.8) is 0 Å². The summed E-state index contributed by atoms with van der Waals surface area (Å²) in [6, 6.07) is 9.22. The van der Waals surface area contributed by atoms with Gasteiger partial charge < -0.3 is 13.9 Å². The molecule has 0 spiro atoms. The van der Waals surface area contributed by atoms with Crippen molar-refractivity contribution in [3.05, 3.63) is 46.9 Å². The smallest absolute Gasteiger partial charge is 0.219 e. The Morgan fingerprint density at radius 1 is 1.35 bits per heavy atom. The summed E-state index contributed by atoms with van der Waals surface area (Å²) in [5.41, 5.74) is 0.845. The first kappa shape index (κ1) is 17.9. The summed E-state index contributed by atoms with van der Waals surface area (Å²) in [4.78, 5) is 0. The molecule has 1 aromatic carbocycles. The average Bonchev–Trinajstić information content (AvgIpc) is 3.24. The van der Waals surface area contributed by atoms with Gasteiger partial charge >= 0.3 is 0 Å². The summed E-state index contributed by atoms with van der Waals surface area (Å²) in [7, 11) is 0. The first-order valence-electron chi connectivity index (χ1n) is 8.27. The fourth-order valence-corrected chi connectivity index (χ4v) is 2.49. The fraction of sp³-hybridized carbons (Fsp3) is 0.278. The Bertz CT molecular complexity index is 942. The van der Waals surface area contributed by atoms with E-state index >= 15 is 0 Å². The summed E-state index contributed by atoms with van der Waals surface area (Å²) < 4.78 is 18.7. The van der Waals surface area contributed by atoms with Crippen LogP contribution in [0.5, 0.6) is 11.5 Å². The van der Waals surface area contributed by atoms with E-state index in [4.69, 9.17) is 26.1 Å². The number of nitrogens with zero attached hydrogens (tertiary/aromatic N) is 3. The Morgan fingerprint density at radius 3 is 2.88 bits per heavy atom. The first-order chi connectivity index (χ1) is 12.6. The number of furan rings is 1. The largest absolute Gasteiger partial charge is 0.490 e. The van der Waals surface area contributed by atoms with Crippen LogP contribution in [0.15, 0.2) is 46.1 Å². The van der Waals surface area contributed by atoms with E-state index in [-0.39, 0.29) is 6.10 Å². The summed E-state index contributed by atoms with van der Waals surface area (Å²) in [5.74, 6) is 2.45. The van der Waals surface area contributed by atoms with Gasteiger partial charge in [0.1, 0.15) is 0 Å². The maximum absolute atomic E-state index is 5.77. The van der Waals surface area contributed by atoms with E-state index in [1.165, 1.54) is 4.68 Å². The molecule has 0 unspecified atom stereocenters. The molecule has 0 aliphatic carbocycles. The van der Waals surface area contributed by atoms with Crippen LogP contribution in [0.25, 0.3) is 11.6 Å². The number of aromatic nitrogens is 3. The van der Waals surface area contributed by atoms with Crippen molar-refractivity contribution in [1.82, 2.24) is 14.9 Å². The normalized spacial score (nSPS) is 11.4. The Morgan fingerprint density at radius 2 is 2.19 bits per heavy atom. The van der Waals surface area contributed by atoms with Gasteiger partial charge in [-0.2, -0.15) is 9.78 Å². The second-order valence-electron chi connectivity index (χ2n) is 5.69. The molecule has 0 radical (unpaired) electrons. The highest BCUT2D eigenvalue weighted by atomic mass is 32.1. The van der Waals surface area contributed by atoms with Gasteiger partial charge in [0, 0.05) is 0 Å². The monoisotopic (exact) mass is 372 g/mol. The van der Waals surface area contributed by atoms with E-state index in [0.717, 1.165) is 5.56 Å². The standard InChI is InChI=1S/C18H20N4O3S/c1-4-23-16-10-13(7-8-14(16)25-12(2)3)11-19-22-17(20-21-18(22)26)15-6-5-9-24-15/h5-12H,4H2,1-3H3,(H,21,26)/b19-11-. The maximum atomic E-state index is 5.77. The summed E-state index contributed by atoms with van der Waals surface area (Å²) in [5, 5.41) is 11.3. The van der Waals surface area contributed by atoms with Crippen molar-refractivity contribution in [1.29, 1.82) is 0 Å². The fourth-order valence-electron chi connectivity index (χ4n) is 2.31. The number of hydrogen-bond acceptors (Lipinski definition) is 6. The number of hydrogen-bond donors (Lipinski definition) is 1. The van der Waals surface area contributed by atoms with Gasteiger partial charge in [-0.05, 0) is 68.9 Å². The Labute approximate surface area is 156 Å². The highest BCUT2D eigenvalue weighted by Gasteiger charge is 2.11. The van der Waals surface area contributed by atoms with Crippen molar-refractivity contribution < 1.29 is 13.9 Å². The molecule has 0 saturated carbocycles. The van der Waals surface area contributed by atoms with Gasteiger partial charge in [-0.3, -0.25) is 0 Å². The molecule has 0 saturated heterocycles. The molecular formula is C18H20N4O3S. The Kier molecular flexibility index (Phi) is 5.52. The van der Waals surface area contributed by atoms with E-state index in [1.807, 2.05) is 39.0 Å². The maximum Gasteiger partial charge on any atom is 0.219 e. The van der Waals surface area contributed by atoms with Gasteiger partial charge in [-0.25, -0.2) is 5.10 Å². The van der Waals surface area contributed by atoms with Gasteiger partial charge in [-0.1, -0.05) is 0 Å². The summed E-state index contributed by atoms with van der Waals surface area (Å²) in [6.45, 7) is 6.43. The lowest BCUT2D eigenvalue weighted by atomic mass is 10.2. The predicted molar refractivity (Wildman–Crippen MR) is 101 cm³/mol. The van der Waals surface area contributed by atoms with Crippen LogP contribution in [0.1, 0.15) is 26.3 Å². The molecule has 2 heterocycles. The van der Waals surface area contributed by atoms with Crippen LogP contribution >= 0.6 is 12.2 Å². The SMILES string of the molecule is CCOc1cc(/C=N\n2c(-c3ccco3)n[nH]c2=S)ccc1OC(C)C. The van der Waals surface area contributed by atoms with Crippen LogP contribution in [0.3, 0.4) is 0 Å². The molecule has 136 valence electrons. The number of H-pyrrole nitrogens is 1. The van der Waals surface area contributed by atoms with Gasteiger partial charge in [0.2, 0.25) is 10.6 Å². The number of rotatable bonds is 7. The van der Waals surface area contributed by atoms with Crippen LogP contribution in [0.2, 0.25) is 0 Å². The van der Waals surface area contributed by atoms with Gasteiger partial charge in [-0.15, -0.1) is 5.10 Å². The predicted octanol–water partition coefficient (Wildman–Crippen LogP) is 4.27. The van der Waals surface area contributed by atoms with E-state index in [0.29, 0.717) is 34.5 Å². The lowest BCUT2D eigenvalue weighted by Gasteiger charge is -2.14. The second-order valence-corrected chi connectivity index (χ2v) is 6.08. The van der Waals surface area contributed by atoms with Crippen LogP contribution in [0, 0.1) is 4.77 Å². The Balaban J connectivity index is 1.91. The van der Waals surface area contributed by atoms with Gasteiger partial charge in [0.15, 0.2) is 17.3 Å². The molecule has 2 aromatic heterocycles. The van der Waals surface area contributed by atoms with Crippen molar-refractivity contribution in [2.45, 2.75) is 26.9 Å². The zero-order valence-electron chi connectivity index (χ0n) is 14.8. The third-order valence-electron chi connectivity index (χ3n) is 3.34. The second kappa shape index (κ2) is 8.01. The van der Waals surface area contributed by atoms with Crippen molar-refractivity contribution in [3.8, 4) is 23.1 Å². The van der Waals surface area contributed by atoms with Gasteiger partial charge in [0.05, 0.1) is 25.2 Å². The molecule has 0 fully saturated rings. The number of aromatic amines is 1. The molecule has 0 amide bonds. The summed E-state index contributed by atoms with van der Waals surface area (Å²) in [6.07, 6.45) is 3.32. The minimum absolute atomic E-state index is 0.0637. The molecule has 0 atom stereocenters. The molecule has 3 aromatic rings. The van der Waals surface area contributed by atoms with E-state index in [2.05, 4.69) is 15.3 Å². The topological polar surface area (TPSA) is 77.6 Å². The molecule has 0 aliphatic rings. The van der Waals surface area contributed by atoms with Crippen LogP contribution in [0.4, 0.5) is 0 Å². The Hall–Kier alpha value is -2.87. The lowest BCUT2D eigenvalue weighted by molar-refractivity contribution is 0.224. The third-order valence-corrected chi connectivity index (χ3v) is 3.61. The molecule has 7 nitrogen and oxygen atoms in total. The number of ether oxygens (including phenoxy) is 2. The van der Waals surface area contributed by atoms with Crippen molar-refractivity contribution in [2.24, 2.45) is 5.10 Å². The van der Waals surface area contributed by atoms with Crippen molar-refractivity contribution in [2.75, 3.05) is 6.61 Å². The first-order valence-corrected chi connectivity index (χ1v) is 8.68. The number of benzene rings is 1. The zero-order chi connectivity index (χ0) is 18.5.